The van der Waals surface area contributed by atoms with Crippen LogP contribution < -0.4 is 14.4 Å². The Balaban J connectivity index is 1.51. The largest absolute Gasteiger partial charge is 0.493 e. The number of amidine groups is 1. The highest BCUT2D eigenvalue weighted by atomic mass is 35.5. The maximum atomic E-state index is 13.8. The fourth-order valence-corrected chi connectivity index (χ4v) is 5.95. The first-order valence-corrected chi connectivity index (χ1v) is 15.1. The molecule has 4 aromatic carbocycles. The van der Waals surface area contributed by atoms with Gasteiger partial charge in [-0.2, -0.15) is 0 Å². The monoisotopic (exact) mass is 656 g/mol. The van der Waals surface area contributed by atoms with Gasteiger partial charge >= 0.3 is 0 Å². The van der Waals surface area contributed by atoms with Gasteiger partial charge in [0.1, 0.15) is 6.61 Å². The number of hydrogen-bond donors (Lipinski definition) is 0. The first-order chi connectivity index (χ1) is 20.1. The van der Waals surface area contributed by atoms with Crippen molar-refractivity contribution in [3.8, 4) is 11.5 Å². The number of aryl methyl sites for hydroxylation is 2. The normalized spacial score (nSPS) is 15.1. The summed E-state index contributed by atoms with van der Waals surface area (Å²) < 4.78 is 11.6. The Kier molecular flexibility index (Phi) is 9.41. The summed E-state index contributed by atoms with van der Waals surface area (Å²) in [7, 11) is 1.53. The Morgan fingerprint density at radius 3 is 2.26 bits per heavy atom. The van der Waals surface area contributed by atoms with E-state index in [1.807, 2.05) is 56.3 Å². The fraction of sp³-hybridized carbons (Fsp3) is 0.125. The van der Waals surface area contributed by atoms with Gasteiger partial charge in [0.15, 0.2) is 16.7 Å². The molecule has 1 heterocycles. The summed E-state index contributed by atoms with van der Waals surface area (Å²) >= 11 is 26.9. The molecule has 0 aliphatic carbocycles. The van der Waals surface area contributed by atoms with E-state index in [1.165, 1.54) is 23.8 Å². The fourth-order valence-electron chi connectivity index (χ4n) is 4.14. The van der Waals surface area contributed by atoms with Crippen molar-refractivity contribution in [1.82, 2.24) is 0 Å². The average molecular weight is 658 g/mol. The summed E-state index contributed by atoms with van der Waals surface area (Å²) in [6, 6.07) is 21.8. The standard InChI is InChI=1S/C32H24Cl4N2O3S/c1-18-8-10-22(15-25(18)34)37-32-38(23-11-9-19(2)26(35)16-23)31(39)29(42-32)14-20-12-27(36)30(28(13-20)40-3)41-17-21-6-4-5-7-24(21)33/h4-16H,17H2,1-3H3/b29-14+,37-32?. The number of amides is 1. The maximum absolute atomic E-state index is 13.8. The van der Waals surface area contributed by atoms with Crippen LogP contribution in [0.2, 0.25) is 20.1 Å². The van der Waals surface area contributed by atoms with Crippen molar-refractivity contribution in [1.29, 1.82) is 0 Å². The lowest BCUT2D eigenvalue weighted by atomic mass is 10.1. The van der Waals surface area contributed by atoms with Crippen molar-refractivity contribution in [2.45, 2.75) is 20.5 Å². The minimum atomic E-state index is -0.258. The number of thioether (sulfide) groups is 1. The number of carbonyl (C=O) groups excluding carboxylic acids is 1. The molecular weight excluding hydrogens is 634 g/mol. The lowest BCUT2D eigenvalue weighted by Gasteiger charge is -2.17. The van der Waals surface area contributed by atoms with Gasteiger partial charge in [-0.1, -0.05) is 76.7 Å². The number of anilines is 1. The summed E-state index contributed by atoms with van der Waals surface area (Å²) in [5, 5.41) is 2.52. The average Bonchev–Trinajstić information content (AvgIpc) is 3.26. The number of ether oxygens (including phenoxy) is 2. The second kappa shape index (κ2) is 13.0. The lowest BCUT2D eigenvalue weighted by molar-refractivity contribution is -0.113. The third kappa shape index (κ3) is 6.59. The van der Waals surface area contributed by atoms with Gasteiger partial charge in [-0.15, -0.1) is 0 Å². The van der Waals surface area contributed by atoms with E-state index in [0.717, 1.165) is 16.7 Å². The van der Waals surface area contributed by atoms with Crippen LogP contribution in [-0.2, 0) is 11.4 Å². The molecule has 4 aromatic rings. The van der Waals surface area contributed by atoms with E-state index in [4.69, 9.17) is 60.9 Å². The van der Waals surface area contributed by atoms with E-state index in [0.29, 0.717) is 58.6 Å². The van der Waals surface area contributed by atoms with Crippen LogP contribution in [0.3, 0.4) is 0 Å². The summed E-state index contributed by atoms with van der Waals surface area (Å²) in [5.74, 6) is 0.536. The number of methoxy groups -OCH3 is 1. The van der Waals surface area contributed by atoms with E-state index in [9.17, 15) is 4.79 Å². The van der Waals surface area contributed by atoms with E-state index in [-0.39, 0.29) is 12.5 Å². The zero-order valence-corrected chi connectivity index (χ0v) is 26.6. The topological polar surface area (TPSA) is 51.1 Å². The molecule has 10 heteroatoms. The number of nitrogens with zero attached hydrogens (tertiary/aromatic N) is 2. The Labute approximate surface area is 268 Å². The van der Waals surface area contributed by atoms with Gasteiger partial charge < -0.3 is 9.47 Å². The van der Waals surface area contributed by atoms with E-state index in [1.54, 1.807) is 36.4 Å². The Bertz CT molecular complexity index is 1760. The first-order valence-electron chi connectivity index (χ1n) is 12.7. The van der Waals surface area contributed by atoms with Crippen LogP contribution >= 0.6 is 58.2 Å². The molecule has 214 valence electrons. The number of carbonyl (C=O) groups is 1. The van der Waals surface area contributed by atoms with Crippen molar-refractivity contribution >= 4 is 86.7 Å². The van der Waals surface area contributed by atoms with Crippen molar-refractivity contribution in [3.63, 3.8) is 0 Å². The minimum Gasteiger partial charge on any atom is -0.493 e. The third-order valence-electron chi connectivity index (χ3n) is 6.48. The Hall–Kier alpha value is -3.13. The first kappa shape index (κ1) is 30.3. The van der Waals surface area contributed by atoms with Gasteiger partial charge in [0.2, 0.25) is 0 Å². The quantitative estimate of drug-likeness (QED) is 0.186. The van der Waals surface area contributed by atoms with Crippen LogP contribution in [0, 0.1) is 13.8 Å². The van der Waals surface area contributed by atoms with Crippen molar-refractivity contribution in [3.05, 3.63) is 120 Å². The summed E-state index contributed by atoms with van der Waals surface area (Å²) in [4.78, 5) is 20.6. The predicted octanol–water partition coefficient (Wildman–Crippen LogP) is 10.3. The maximum Gasteiger partial charge on any atom is 0.271 e. The van der Waals surface area contributed by atoms with Crippen LogP contribution in [0.15, 0.2) is 82.7 Å². The van der Waals surface area contributed by atoms with Crippen LogP contribution in [-0.4, -0.2) is 18.2 Å². The summed E-state index contributed by atoms with van der Waals surface area (Å²) in [6.45, 7) is 4.03. The number of aliphatic imine (C=N–C) groups is 1. The van der Waals surface area contributed by atoms with Gasteiger partial charge in [-0.25, -0.2) is 4.99 Å². The second-order valence-corrected chi connectivity index (χ2v) is 12.1. The van der Waals surface area contributed by atoms with E-state index in [2.05, 4.69) is 0 Å². The molecule has 0 N–H and O–H groups in total. The number of benzene rings is 4. The molecule has 0 unspecified atom stereocenters. The Morgan fingerprint density at radius 1 is 0.857 bits per heavy atom. The molecule has 0 radical (unpaired) electrons. The molecule has 1 aliphatic rings. The molecule has 1 saturated heterocycles. The van der Waals surface area contributed by atoms with Gasteiger partial charge in [-0.3, -0.25) is 9.69 Å². The molecule has 1 aliphatic heterocycles. The SMILES string of the molecule is COc1cc(/C=C2/SC(=Nc3ccc(C)c(Cl)c3)N(c3ccc(C)c(Cl)c3)C2=O)cc(Cl)c1OCc1ccccc1Cl. The van der Waals surface area contributed by atoms with Gasteiger partial charge in [-0.05, 0) is 90.8 Å². The highest BCUT2D eigenvalue weighted by Crippen LogP contribution is 2.42. The number of rotatable bonds is 7. The molecular formula is C32H24Cl4N2O3S. The van der Waals surface area contributed by atoms with E-state index < -0.39 is 0 Å². The minimum absolute atomic E-state index is 0.210. The molecule has 0 bridgehead atoms. The highest BCUT2D eigenvalue weighted by Gasteiger charge is 2.35. The summed E-state index contributed by atoms with van der Waals surface area (Å²) in [5.41, 5.74) is 4.52. The molecule has 1 amide bonds. The van der Waals surface area contributed by atoms with Crippen molar-refractivity contribution in [2.75, 3.05) is 12.0 Å². The van der Waals surface area contributed by atoms with E-state index >= 15 is 0 Å². The van der Waals surface area contributed by atoms with Crippen LogP contribution in [0.25, 0.3) is 6.08 Å². The highest BCUT2D eigenvalue weighted by molar-refractivity contribution is 8.19. The smallest absolute Gasteiger partial charge is 0.271 e. The molecule has 1 fully saturated rings. The van der Waals surface area contributed by atoms with Gasteiger partial charge in [0.05, 0.1) is 28.4 Å². The molecule has 0 saturated carbocycles. The molecule has 5 nitrogen and oxygen atoms in total. The van der Waals surface area contributed by atoms with Gasteiger partial charge in [0, 0.05) is 20.6 Å². The second-order valence-electron chi connectivity index (χ2n) is 9.43. The Morgan fingerprint density at radius 2 is 1.57 bits per heavy atom. The molecule has 5 rings (SSSR count). The zero-order chi connectivity index (χ0) is 30.0. The lowest BCUT2D eigenvalue weighted by Crippen LogP contribution is -2.28. The summed E-state index contributed by atoms with van der Waals surface area (Å²) in [6.07, 6.45) is 1.74. The molecule has 0 atom stereocenters. The third-order valence-corrected chi connectivity index (χ3v) is 8.91. The number of hydrogen-bond acceptors (Lipinski definition) is 5. The zero-order valence-electron chi connectivity index (χ0n) is 22.8. The predicted molar refractivity (Wildman–Crippen MR) is 176 cm³/mol. The molecule has 0 spiro atoms. The van der Waals surface area contributed by atoms with Gasteiger partial charge in [0.25, 0.3) is 5.91 Å². The van der Waals surface area contributed by atoms with Crippen molar-refractivity contribution in [2.24, 2.45) is 4.99 Å². The van der Waals surface area contributed by atoms with Crippen molar-refractivity contribution < 1.29 is 14.3 Å². The molecule has 0 aromatic heterocycles. The van der Waals surface area contributed by atoms with Crippen LogP contribution in [0.5, 0.6) is 11.5 Å². The van der Waals surface area contributed by atoms with Crippen LogP contribution in [0.4, 0.5) is 11.4 Å². The number of halogens is 4. The van der Waals surface area contributed by atoms with Crippen LogP contribution in [0.1, 0.15) is 22.3 Å². The molecule has 42 heavy (non-hydrogen) atoms.